The molecule has 1 aromatic heterocycles. The number of carbonyl (C=O) groups is 1. The number of methoxy groups -OCH3 is 2. The molecule has 0 fully saturated rings. The number of ether oxygens (including phenoxy) is 2. The lowest BCUT2D eigenvalue weighted by Crippen LogP contribution is -2.37. The van der Waals surface area contributed by atoms with Gasteiger partial charge in [0, 0.05) is 13.1 Å². The predicted molar refractivity (Wildman–Crippen MR) is 78.9 cm³/mol. The average molecular weight is 302 g/mol. The van der Waals surface area contributed by atoms with Crippen molar-refractivity contribution >= 4 is 5.91 Å². The van der Waals surface area contributed by atoms with Crippen molar-refractivity contribution in [3.05, 3.63) is 41.6 Å². The highest BCUT2D eigenvalue weighted by Crippen LogP contribution is 2.33. The highest BCUT2D eigenvalue weighted by Gasteiger charge is 2.23. The van der Waals surface area contributed by atoms with Gasteiger partial charge in [0.25, 0.3) is 0 Å². The van der Waals surface area contributed by atoms with Crippen molar-refractivity contribution in [1.82, 2.24) is 9.88 Å². The lowest BCUT2D eigenvalue weighted by Gasteiger charge is -2.29. The van der Waals surface area contributed by atoms with Crippen molar-refractivity contribution in [1.29, 1.82) is 0 Å². The van der Waals surface area contributed by atoms with Crippen molar-refractivity contribution in [3.63, 3.8) is 0 Å². The lowest BCUT2D eigenvalue weighted by molar-refractivity contribution is -0.131. The largest absolute Gasteiger partial charge is 0.493 e. The number of hydrogen-bond donors (Lipinski definition) is 0. The summed E-state index contributed by atoms with van der Waals surface area (Å²) in [6.07, 6.45) is 3.91. The highest BCUT2D eigenvalue weighted by atomic mass is 16.5. The van der Waals surface area contributed by atoms with Gasteiger partial charge < -0.3 is 18.8 Å². The van der Waals surface area contributed by atoms with E-state index in [4.69, 9.17) is 13.9 Å². The Morgan fingerprint density at radius 1 is 1.27 bits per heavy atom. The molecule has 0 bridgehead atoms. The molecule has 0 atom stereocenters. The maximum Gasteiger partial charge on any atom is 0.229 e. The first-order chi connectivity index (χ1) is 10.7. The molecule has 0 aliphatic carbocycles. The van der Waals surface area contributed by atoms with Crippen LogP contribution in [-0.2, 0) is 24.2 Å². The molecule has 1 aromatic carbocycles. The molecule has 2 heterocycles. The van der Waals surface area contributed by atoms with E-state index in [1.165, 1.54) is 18.2 Å². The molecule has 0 radical (unpaired) electrons. The van der Waals surface area contributed by atoms with E-state index in [2.05, 4.69) is 4.98 Å². The van der Waals surface area contributed by atoms with Crippen LogP contribution in [0.2, 0.25) is 0 Å². The molecule has 6 nitrogen and oxygen atoms in total. The SMILES string of the molecule is COc1cc2c(cc1OC)CN(C(=O)Cc1cocn1)CC2. The molecular formula is C16H18N2O4. The van der Waals surface area contributed by atoms with Crippen LogP contribution in [0.3, 0.4) is 0 Å². The molecule has 3 rings (SSSR count). The predicted octanol–water partition coefficient (Wildman–Crippen LogP) is 1.82. The third kappa shape index (κ3) is 2.77. The Kier molecular flexibility index (Phi) is 4.00. The normalized spacial score (nSPS) is 13.6. The van der Waals surface area contributed by atoms with E-state index < -0.39 is 0 Å². The van der Waals surface area contributed by atoms with E-state index >= 15 is 0 Å². The van der Waals surface area contributed by atoms with Crippen LogP contribution in [-0.4, -0.2) is 36.6 Å². The monoisotopic (exact) mass is 302 g/mol. The molecule has 0 saturated carbocycles. The van der Waals surface area contributed by atoms with Gasteiger partial charge >= 0.3 is 0 Å². The highest BCUT2D eigenvalue weighted by molar-refractivity contribution is 5.78. The minimum Gasteiger partial charge on any atom is -0.493 e. The Labute approximate surface area is 128 Å². The Balaban J connectivity index is 1.76. The van der Waals surface area contributed by atoms with Crippen molar-refractivity contribution in [2.75, 3.05) is 20.8 Å². The standard InChI is InChI=1S/C16H18N2O4/c1-20-14-5-11-3-4-18(8-12(11)6-15(14)21-2)16(19)7-13-9-22-10-17-13/h5-6,9-10H,3-4,7-8H2,1-2H3. The molecule has 0 N–H and O–H groups in total. The summed E-state index contributed by atoms with van der Waals surface area (Å²) in [5.41, 5.74) is 2.95. The molecule has 0 unspecified atom stereocenters. The molecule has 0 spiro atoms. The minimum absolute atomic E-state index is 0.0503. The van der Waals surface area contributed by atoms with Gasteiger partial charge in [0.15, 0.2) is 17.9 Å². The van der Waals surface area contributed by atoms with Gasteiger partial charge in [-0.3, -0.25) is 4.79 Å². The second-order valence-electron chi connectivity index (χ2n) is 5.20. The van der Waals surface area contributed by atoms with Crippen molar-refractivity contribution in [2.24, 2.45) is 0 Å². The molecule has 116 valence electrons. The Bertz CT molecular complexity index is 667. The maximum absolute atomic E-state index is 12.3. The van der Waals surface area contributed by atoms with E-state index in [1.807, 2.05) is 17.0 Å². The number of carbonyl (C=O) groups excluding carboxylic acids is 1. The van der Waals surface area contributed by atoms with Crippen LogP contribution < -0.4 is 9.47 Å². The van der Waals surface area contributed by atoms with E-state index in [0.29, 0.717) is 24.5 Å². The number of nitrogens with zero attached hydrogens (tertiary/aromatic N) is 2. The van der Waals surface area contributed by atoms with Gasteiger partial charge in [-0.2, -0.15) is 0 Å². The van der Waals surface area contributed by atoms with Crippen LogP contribution in [0.5, 0.6) is 11.5 Å². The van der Waals surface area contributed by atoms with Crippen molar-refractivity contribution in [2.45, 2.75) is 19.4 Å². The minimum atomic E-state index is 0.0503. The van der Waals surface area contributed by atoms with Crippen molar-refractivity contribution < 1.29 is 18.7 Å². The molecule has 2 aromatic rings. The summed E-state index contributed by atoms with van der Waals surface area (Å²) in [5.74, 6) is 1.46. The summed E-state index contributed by atoms with van der Waals surface area (Å²) in [6, 6.07) is 3.94. The summed E-state index contributed by atoms with van der Waals surface area (Å²) in [5, 5.41) is 0. The number of rotatable bonds is 4. The maximum atomic E-state index is 12.3. The summed E-state index contributed by atoms with van der Waals surface area (Å²) in [4.78, 5) is 18.2. The van der Waals surface area contributed by atoms with Crippen LogP contribution in [0, 0.1) is 0 Å². The summed E-state index contributed by atoms with van der Waals surface area (Å²) < 4.78 is 15.6. The number of amides is 1. The van der Waals surface area contributed by atoms with Crippen LogP contribution in [0.1, 0.15) is 16.8 Å². The van der Waals surface area contributed by atoms with E-state index in [1.54, 1.807) is 14.2 Å². The summed E-state index contributed by atoms with van der Waals surface area (Å²) >= 11 is 0. The quantitative estimate of drug-likeness (QED) is 0.862. The summed E-state index contributed by atoms with van der Waals surface area (Å²) in [7, 11) is 3.24. The zero-order chi connectivity index (χ0) is 15.5. The van der Waals surface area contributed by atoms with E-state index in [-0.39, 0.29) is 12.3 Å². The van der Waals surface area contributed by atoms with Gasteiger partial charge in [-0.15, -0.1) is 0 Å². The fourth-order valence-electron chi connectivity index (χ4n) is 2.69. The molecule has 1 amide bonds. The second kappa shape index (κ2) is 6.09. The topological polar surface area (TPSA) is 64.8 Å². The van der Waals surface area contributed by atoms with E-state index in [9.17, 15) is 4.79 Å². The molecule has 1 aliphatic rings. The fourth-order valence-corrected chi connectivity index (χ4v) is 2.69. The van der Waals surface area contributed by atoms with Crippen LogP contribution in [0.25, 0.3) is 0 Å². The number of fused-ring (bicyclic) bond motifs is 1. The first-order valence-electron chi connectivity index (χ1n) is 7.10. The summed E-state index contributed by atoms with van der Waals surface area (Å²) in [6.45, 7) is 1.27. The number of hydrogen-bond acceptors (Lipinski definition) is 5. The number of oxazole rings is 1. The third-order valence-electron chi connectivity index (χ3n) is 3.89. The molecular weight excluding hydrogens is 284 g/mol. The van der Waals surface area contributed by atoms with Gasteiger partial charge in [-0.05, 0) is 29.7 Å². The van der Waals surface area contributed by atoms with Gasteiger partial charge in [-0.25, -0.2) is 4.98 Å². The number of aromatic nitrogens is 1. The van der Waals surface area contributed by atoms with E-state index in [0.717, 1.165) is 17.7 Å². The smallest absolute Gasteiger partial charge is 0.229 e. The Morgan fingerprint density at radius 2 is 2.00 bits per heavy atom. The van der Waals surface area contributed by atoms with Gasteiger partial charge in [0.2, 0.25) is 5.91 Å². The Hall–Kier alpha value is -2.50. The van der Waals surface area contributed by atoms with Gasteiger partial charge in [0.05, 0.1) is 26.3 Å². The first kappa shape index (κ1) is 14.4. The fraction of sp³-hybridized carbons (Fsp3) is 0.375. The van der Waals surface area contributed by atoms with Crippen LogP contribution in [0.15, 0.2) is 29.2 Å². The first-order valence-corrected chi connectivity index (χ1v) is 7.10. The van der Waals surface area contributed by atoms with Gasteiger partial charge in [-0.1, -0.05) is 0 Å². The van der Waals surface area contributed by atoms with Crippen molar-refractivity contribution in [3.8, 4) is 11.5 Å². The lowest BCUT2D eigenvalue weighted by atomic mass is 9.98. The van der Waals surface area contributed by atoms with Gasteiger partial charge in [0.1, 0.15) is 6.26 Å². The van der Waals surface area contributed by atoms with Crippen LogP contribution >= 0.6 is 0 Å². The molecule has 6 heteroatoms. The Morgan fingerprint density at radius 3 is 2.64 bits per heavy atom. The zero-order valence-electron chi connectivity index (χ0n) is 12.7. The number of benzene rings is 1. The van der Waals surface area contributed by atoms with Crippen LogP contribution in [0.4, 0.5) is 0 Å². The zero-order valence-corrected chi connectivity index (χ0v) is 12.7. The third-order valence-corrected chi connectivity index (χ3v) is 3.89. The molecule has 0 saturated heterocycles. The molecule has 1 aliphatic heterocycles. The average Bonchev–Trinajstić information content (AvgIpc) is 3.05. The molecule has 22 heavy (non-hydrogen) atoms. The second-order valence-corrected chi connectivity index (χ2v) is 5.20.